The molecule has 3 fully saturated rings. The third-order valence-corrected chi connectivity index (χ3v) is 6.51. The molecule has 3 aliphatic carbocycles. The Bertz CT molecular complexity index is 481. The second-order valence-corrected chi connectivity index (χ2v) is 25.7. The molecule has 1 aromatic carbocycles. The molecule has 0 heterocycles. The van der Waals surface area contributed by atoms with Gasteiger partial charge in [0.25, 0.3) is 0 Å². The second-order valence-electron chi connectivity index (χ2n) is 7.44. The van der Waals surface area contributed by atoms with Gasteiger partial charge in [0.15, 0.2) is 5.92 Å². The summed E-state index contributed by atoms with van der Waals surface area (Å²) in [7, 11) is 16.1. The van der Waals surface area contributed by atoms with Gasteiger partial charge in [0, 0.05) is 22.6 Å². The van der Waals surface area contributed by atoms with Crippen molar-refractivity contribution in [1.82, 2.24) is 0 Å². The van der Waals surface area contributed by atoms with Crippen LogP contribution in [0, 0.1) is 70.6 Å². The molecule has 0 saturated heterocycles. The van der Waals surface area contributed by atoms with E-state index in [2.05, 4.69) is 56.4 Å². The van der Waals surface area contributed by atoms with Crippen LogP contribution in [-0.2, 0) is 17.1 Å². The minimum Gasteiger partial charge on any atom is -0.391 e. The Hall–Kier alpha value is 1.52. The van der Waals surface area contributed by atoms with Crippen LogP contribution in [-0.4, -0.2) is 17.5 Å². The van der Waals surface area contributed by atoms with E-state index < -0.39 is 17.5 Å². The van der Waals surface area contributed by atoms with Crippen molar-refractivity contribution >= 4 is 57.7 Å². The van der Waals surface area contributed by atoms with Gasteiger partial charge < -0.3 is 40.2 Å². The van der Waals surface area contributed by atoms with Crippen molar-refractivity contribution in [2.45, 2.75) is 31.1 Å². The van der Waals surface area contributed by atoms with Gasteiger partial charge in [0.05, 0.1) is 6.42 Å². The van der Waals surface area contributed by atoms with E-state index >= 15 is 0 Å². The van der Waals surface area contributed by atoms with Gasteiger partial charge in [-0.3, -0.25) is 0 Å². The van der Waals surface area contributed by atoms with Crippen LogP contribution in [0.4, 0.5) is 0 Å². The molecule has 10 radical (unpaired) electrons. The molecule has 2 unspecified atom stereocenters. The summed E-state index contributed by atoms with van der Waals surface area (Å²) in [6.45, 7) is 7.37. The van der Waals surface area contributed by atoms with Crippen LogP contribution in [0.15, 0.2) is 30.3 Å². The summed E-state index contributed by atoms with van der Waals surface area (Å²) < 4.78 is 0. The van der Waals surface area contributed by atoms with Crippen molar-refractivity contribution in [1.29, 1.82) is 0 Å². The second kappa shape index (κ2) is 16.2. The molecule has 1 aromatic rings. The predicted octanol–water partition coefficient (Wildman–Crippen LogP) is 8.11. The zero-order valence-electron chi connectivity index (χ0n) is 16.8. The minimum atomic E-state index is -2.94. The van der Waals surface area contributed by atoms with Gasteiger partial charge in [0.2, 0.25) is 0 Å². The van der Waals surface area contributed by atoms with Gasteiger partial charge in [0.1, 0.15) is 13.6 Å². The largest absolute Gasteiger partial charge is 0.564 e. The smallest absolute Gasteiger partial charge is 0.391 e. The van der Waals surface area contributed by atoms with Crippen molar-refractivity contribution in [3.05, 3.63) is 107 Å². The van der Waals surface area contributed by atoms with Gasteiger partial charge >= 0.3 is 9.39 Å². The first-order chi connectivity index (χ1) is 13.1. The maximum atomic E-state index is 4.99. The quantitative estimate of drug-likeness (QED) is 0.261. The fraction of sp³-hybridized carbons (Fsp3) is 0.227. The maximum Gasteiger partial charge on any atom is 0.564 e. The Morgan fingerprint density at radius 3 is 1.24 bits per heavy atom. The molecule has 0 aliphatic heterocycles. The van der Waals surface area contributed by atoms with Gasteiger partial charge in [-0.2, -0.15) is 0 Å². The van der Waals surface area contributed by atoms with E-state index in [4.69, 9.17) is 40.2 Å². The van der Waals surface area contributed by atoms with Gasteiger partial charge in [-0.1, -0.05) is 50.0 Å². The average molecular weight is 544 g/mol. The van der Waals surface area contributed by atoms with E-state index in [1.54, 1.807) is 0 Å². The molecule has 0 nitrogen and oxygen atoms in total. The molecule has 0 amide bonds. The van der Waals surface area contributed by atoms with Crippen LogP contribution in [0.3, 0.4) is 0 Å². The third-order valence-electron chi connectivity index (χ3n) is 3.96. The summed E-state index contributed by atoms with van der Waals surface area (Å²) in [6.07, 6.45) is 22.5. The zero-order valence-corrected chi connectivity index (χ0v) is 23.1. The van der Waals surface area contributed by atoms with Crippen LogP contribution >= 0.6 is 40.2 Å². The minimum absolute atomic E-state index is 0. The Balaban J connectivity index is 0.000000408. The molecule has 0 N–H and O–H groups in total. The van der Waals surface area contributed by atoms with Gasteiger partial charge in [-0.05, 0) is 64.2 Å². The molecular weight excluding hydrogens is 517 g/mol. The number of benzene rings is 1. The van der Waals surface area contributed by atoms with Crippen molar-refractivity contribution in [2.75, 3.05) is 0 Å². The summed E-state index contributed by atoms with van der Waals surface area (Å²) in [5.74, 6) is 0.771. The molecule has 0 aromatic heterocycles. The normalized spacial score (nSPS) is 22.3. The standard InChI is InChI=1S/C12H17Si.2C5H5.Al.4ClH.Fe/c1-13(2,3)12-9-11(12)10-7-5-4-6-8-10;2*1-2-4-5-3-1;;;;;;/h4-9,11-12H,1-3H3;2*1-5H;;4*1H;/q+1;;;+3;;;;;/p-4. The third kappa shape index (κ3) is 17.7. The van der Waals surface area contributed by atoms with Crippen molar-refractivity contribution in [3.63, 3.8) is 0 Å². The Labute approximate surface area is 210 Å². The molecule has 0 spiro atoms. The SMILES string of the molecule is C[Si](C)(C)C1[CH+]C1c1ccccc1.[CH]1[CH][CH][CH][CH]1.[CH]1[CH][CH][CH][CH]1.[Cl][Al-]([Cl])([Cl])[Cl].[Fe]. The summed E-state index contributed by atoms with van der Waals surface area (Å²) in [6, 6.07) is 10.9. The molecule has 7 heteroatoms. The molecule has 3 aliphatic rings. The number of hydrogen-bond donors (Lipinski definition) is 0. The van der Waals surface area contributed by atoms with E-state index in [1.807, 2.05) is 64.2 Å². The maximum absolute atomic E-state index is 4.99. The van der Waals surface area contributed by atoms with Crippen molar-refractivity contribution in [3.8, 4) is 0 Å². The first-order valence-electron chi connectivity index (χ1n) is 9.19. The summed E-state index contributed by atoms with van der Waals surface area (Å²) >= 11 is 0. The van der Waals surface area contributed by atoms with E-state index in [0.717, 1.165) is 11.5 Å². The summed E-state index contributed by atoms with van der Waals surface area (Å²) in [5, 5.41) is 0. The molecule has 29 heavy (non-hydrogen) atoms. The molecule has 0 bridgehead atoms. The number of rotatable bonds is 2. The Morgan fingerprint density at radius 2 is 1.00 bits per heavy atom. The first-order valence-corrected chi connectivity index (χ1v) is 19.8. The molecular formula is C22H27AlCl4FeSi. The Kier molecular flexibility index (Phi) is 17.0. The average Bonchev–Trinajstić information content (AvgIpc) is 3.04. The topological polar surface area (TPSA) is 0 Å². The van der Waals surface area contributed by atoms with Gasteiger partial charge in [-0.25, -0.2) is 0 Å². The van der Waals surface area contributed by atoms with Crippen LogP contribution in [0.5, 0.6) is 0 Å². The van der Waals surface area contributed by atoms with E-state index in [9.17, 15) is 0 Å². The number of halogens is 4. The summed E-state index contributed by atoms with van der Waals surface area (Å²) in [5.41, 5.74) is 2.42. The van der Waals surface area contributed by atoms with Crippen molar-refractivity contribution in [2.24, 2.45) is 0 Å². The summed E-state index contributed by atoms with van der Waals surface area (Å²) in [4.78, 5) is 0. The van der Waals surface area contributed by atoms with Crippen molar-refractivity contribution < 1.29 is 17.1 Å². The van der Waals surface area contributed by atoms with Crippen LogP contribution in [0.2, 0.25) is 25.2 Å². The molecule has 4 rings (SSSR count). The van der Waals surface area contributed by atoms with Gasteiger partial charge in [-0.15, -0.1) is 0 Å². The molecule has 3 saturated carbocycles. The number of hydrogen-bond acceptors (Lipinski definition) is 0. The fourth-order valence-electron chi connectivity index (χ4n) is 2.62. The first kappa shape index (κ1) is 30.5. The fourth-order valence-corrected chi connectivity index (χ4v) is 4.68. The van der Waals surface area contributed by atoms with Crippen LogP contribution < -0.4 is 0 Å². The molecule has 2 atom stereocenters. The van der Waals surface area contributed by atoms with E-state index in [0.29, 0.717) is 0 Å². The zero-order chi connectivity index (χ0) is 21.0. The Morgan fingerprint density at radius 1 is 0.690 bits per heavy atom. The van der Waals surface area contributed by atoms with Crippen LogP contribution in [0.25, 0.3) is 0 Å². The van der Waals surface area contributed by atoms with Crippen LogP contribution in [0.1, 0.15) is 11.5 Å². The molecule has 158 valence electrons. The predicted molar refractivity (Wildman–Crippen MR) is 133 cm³/mol. The van der Waals surface area contributed by atoms with E-state index in [1.165, 1.54) is 5.56 Å². The monoisotopic (exact) mass is 542 g/mol. The van der Waals surface area contributed by atoms with E-state index in [-0.39, 0.29) is 17.1 Å².